The van der Waals surface area contributed by atoms with Gasteiger partial charge in [0.1, 0.15) is 5.82 Å². The molecule has 0 aliphatic carbocycles. The van der Waals surface area contributed by atoms with Gasteiger partial charge in [-0.15, -0.1) is 11.3 Å². The van der Waals surface area contributed by atoms with Crippen LogP contribution in [0.5, 0.6) is 0 Å². The van der Waals surface area contributed by atoms with Crippen molar-refractivity contribution in [3.63, 3.8) is 0 Å². The van der Waals surface area contributed by atoms with Crippen LogP contribution in [0.3, 0.4) is 0 Å². The van der Waals surface area contributed by atoms with E-state index in [0.717, 1.165) is 29.2 Å². The van der Waals surface area contributed by atoms with Crippen molar-refractivity contribution in [3.8, 4) is 10.4 Å². The molecular weight excluding hydrogens is 445 g/mol. The molecule has 2 atom stereocenters. The molecule has 0 unspecified atom stereocenters. The van der Waals surface area contributed by atoms with E-state index < -0.39 is 15.8 Å². The van der Waals surface area contributed by atoms with E-state index in [1.807, 2.05) is 13.0 Å². The Kier molecular flexibility index (Phi) is 6.29. The first-order chi connectivity index (χ1) is 15.1. The van der Waals surface area contributed by atoms with Gasteiger partial charge in [0, 0.05) is 35.7 Å². The summed E-state index contributed by atoms with van der Waals surface area (Å²) in [5, 5.41) is 5.52. The lowest BCUT2D eigenvalue weighted by Crippen LogP contribution is -2.54. The monoisotopic (exact) mass is 473 g/mol. The Morgan fingerprint density at radius 1 is 1.06 bits per heavy atom. The molecule has 1 aliphatic rings. The van der Waals surface area contributed by atoms with Gasteiger partial charge < -0.3 is 10.2 Å². The summed E-state index contributed by atoms with van der Waals surface area (Å²) in [5.41, 5.74) is 3.50. The second-order valence-corrected chi connectivity index (χ2v) is 11.2. The lowest BCUT2D eigenvalue weighted by Gasteiger charge is -2.37. The number of thiophene rings is 1. The van der Waals surface area contributed by atoms with Crippen molar-refractivity contribution >= 4 is 32.7 Å². The third-order valence-corrected chi connectivity index (χ3v) is 8.22. The second kappa shape index (κ2) is 8.84. The maximum atomic E-state index is 14.6. The highest BCUT2D eigenvalue weighted by Gasteiger charge is 2.24. The van der Waals surface area contributed by atoms with E-state index in [1.165, 1.54) is 11.6 Å². The smallest absolute Gasteiger partial charge is 0.262 e. The Bertz CT molecular complexity index is 1230. The van der Waals surface area contributed by atoms with E-state index in [-0.39, 0.29) is 22.7 Å². The number of aryl methyl sites for hydroxylation is 2. The number of hydrogen-bond donors (Lipinski definition) is 2. The molecule has 32 heavy (non-hydrogen) atoms. The van der Waals surface area contributed by atoms with Gasteiger partial charge in [0.05, 0.1) is 10.6 Å². The van der Waals surface area contributed by atoms with E-state index in [4.69, 9.17) is 0 Å². The average molecular weight is 474 g/mol. The van der Waals surface area contributed by atoms with Crippen molar-refractivity contribution in [2.24, 2.45) is 0 Å². The number of piperazine rings is 1. The highest BCUT2D eigenvalue weighted by atomic mass is 32.2. The molecule has 8 heteroatoms. The molecule has 1 aromatic heterocycles. The Labute approximate surface area is 193 Å². The van der Waals surface area contributed by atoms with Gasteiger partial charge in [-0.3, -0.25) is 4.72 Å². The molecule has 1 fully saturated rings. The minimum absolute atomic E-state index is 0.0429. The van der Waals surface area contributed by atoms with Crippen molar-refractivity contribution < 1.29 is 12.8 Å². The van der Waals surface area contributed by atoms with Gasteiger partial charge >= 0.3 is 0 Å². The molecule has 2 aromatic carbocycles. The fourth-order valence-corrected chi connectivity index (χ4v) is 6.40. The van der Waals surface area contributed by atoms with Crippen LogP contribution in [0.1, 0.15) is 25.0 Å². The minimum Gasteiger partial charge on any atom is -0.368 e. The summed E-state index contributed by atoms with van der Waals surface area (Å²) < 4.78 is 43.3. The van der Waals surface area contributed by atoms with E-state index >= 15 is 0 Å². The summed E-state index contributed by atoms with van der Waals surface area (Å²) in [6.07, 6.45) is 0. The third kappa shape index (κ3) is 4.82. The van der Waals surface area contributed by atoms with Gasteiger partial charge in [0.25, 0.3) is 10.0 Å². The highest BCUT2D eigenvalue weighted by Crippen LogP contribution is 2.31. The lowest BCUT2D eigenvalue weighted by molar-refractivity contribution is 0.407. The number of nitrogens with one attached hydrogen (secondary N) is 2. The first-order valence-electron chi connectivity index (χ1n) is 10.6. The third-order valence-electron chi connectivity index (χ3n) is 5.60. The van der Waals surface area contributed by atoms with Crippen LogP contribution in [0.2, 0.25) is 0 Å². The first kappa shape index (κ1) is 22.8. The molecule has 3 aromatic rings. The molecule has 1 aliphatic heterocycles. The summed E-state index contributed by atoms with van der Waals surface area (Å²) in [6, 6.07) is 12.5. The molecule has 2 N–H and O–H groups in total. The predicted octanol–water partition coefficient (Wildman–Crippen LogP) is 5.16. The van der Waals surface area contributed by atoms with Crippen molar-refractivity contribution in [1.29, 1.82) is 0 Å². The van der Waals surface area contributed by atoms with Crippen LogP contribution in [-0.4, -0.2) is 33.6 Å². The van der Waals surface area contributed by atoms with Gasteiger partial charge in [0.2, 0.25) is 0 Å². The Morgan fingerprint density at radius 3 is 2.41 bits per heavy atom. The van der Waals surface area contributed by atoms with Crippen molar-refractivity contribution in [2.45, 2.75) is 44.7 Å². The van der Waals surface area contributed by atoms with E-state index in [2.05, 4.69) is 40.2 Å². The zero-order valence-corrected chi connectivity index (χ0v) is 20.3. The molecule has 0 bridgehead atoms. The number of halogens is 1. The van der Waals surface area contributed by atoms with Crippen LogP contribution in [-0.2, 0) is 10.0 Å². The van der Waals surface area contributed by atoms with Crippen LogP contribution in [0.4, 0.5) is 15.8 Å². The van der Waals surface area contributed by atoms with Crippen LogP contribution < -0.4 is 14.9 Å². The number of nitrogens with zero attached hydrogens (tertiary/aromatic N) is 1. The fraction of sp³-hybridized carbons (Fsp3) is 0.333. The number of sulfonamides is 1. The molecule has 5 nitrogen and oxygen atoms in total. The number of benzene rings is 2. The van der Waals surface area contributed by atoms with Crippen LogP contribution in [0, 0.1) is 19.7 Å². The first-order valence-corrected chi connectivity index (χ1v) is 13.0. The van der Waals surface area contributed by atoms with Crippen LogP contribution >= 0.6 is 11.3 Å². The second-order valence-electron chi connectivity index (χ2n) is 8.61. The van der Waals surface area contributed by atoms with Gasteiger partial charge in [-0.1, -0.05) is 6.07 Å². The van der Waals surface area contributed by atoms with Crippen LogP contribution in [0.15, 0.2) is 52.7 Å². The van der Waals surface area contributed by atoms with E-state index in [1.54, 1.807) is 42.5 Å². The standard InChI is InChI=1S/C24H28FN3O2S2/c1-15-9-23(31-14-15)19-5-8-24(16(2)10-19)32(29,30)27-22-11-20(6-7-21(22)25)28-12-17(3)26-18(4)13-28/h5-11,14,17-18,26-27H,12-13H2,1-4H3/t17-,18+. The lowest BCUT2D eigenvalue weighted by atomic mass is 10.1. The number of anilines is 2. The maximum Gasteiger partial charge on any atom is 0.262 e. The SMILES string of the molecule is Cc1csc(-c2ccc(S(=O)(=O)Nc3cc(N4C[C@@H](C)N[C@@H](C)C4)ccc3F)c(C)c2)c1. The van der Waals surface area contributed by atoms with Gasteiger partial charge in [-0.25, -0.2) is 12.8 Å². The fourth-order valence-electron chi connectivity index (χ4n) is 4.21. The largest absolute Gasteiger partial charge is 0.368 e. The topological polar surface area (TPSA) is 61.4 Å². The summed E-state index contributed by atoms with van der Waals surface area (Å²) in [6.45, 7) is 9.52. The molecule has 2 heterocycles. The summed E-state index contributed by atoms with van der Waals surface area (Å²) in [7, 11) is -3.95. The molecule has 0 saturated carbocycles. The Morgan fingerprint density at radius 2 is 1.78 bits per heavy atom. The maximum absolute atomic E-state index is 14.6. The normalized spacial score (nSPS) is 19.2. The van der Waals surface area contributed by atoms with Crippen LogP contribution in [0.25, 0.3) is 10.4 Å². The van der Waals surface area contributed by atoms with Gasteiger partial charge in [-0.05, 0) is 86.2 Å². The van der Waals surface area contributed by atoms with E-state index in [0.29, 0.717) is 5.56 Å². The zero-order chi connectivity index (χ0) is 23.0. The summed E-state index contributed by atoms with van der Waals surface area (Å²) >= 11 is 1.62. The molecule has 170 valence electrons. The highest BCUT2D eigenvalue weighted by molar-refractivity contribution is 7.92. The Hall–Kier alpha value is -2.42. The van der Waals surface area contributed by atoms with E-state index in [9.17, 15) is 12.8 Å². The minimum atomic E-state index is -3.95. The number of hydrogen-bond acceptors (Lipinski definition) is 5. The number of rotatable bonds is 5. The Balaban J connectivity index is 1.61. The van der Waals surface area contributed by atoms with Crippen molar-refractivity contribution in [1.82, 2.24) is 5.32 Å². The zero-order valence-electron chi connectivity index (χ0n) is 18.6. The average Bonchev–Trinajstić information content (AvgIpc) is 3.15. The molecule has 0 radical (unpaired) electrons. The molecule has 1 saturated heterocycles. The summed E-state index contributed by atoms with van der Waals surface area (Å²) in [4.78, 5) is 3.37. The van der Waals surface area contributed by atoms with Crippen molar-refractivity contribution in [2.75, 3.05) is 22.7 Å². The molecular formula is C24H28FN3O2S2. The molecule has 4 rings (SSSR count). The molecule has 0 amide bonds. The molecule has 0 spiro atoms. The summed E-state index contributed by atoms with van der Waals surface area (Å²) in [5.74, 6) is -0.600. The van der Waals surface area contributed by atoms with Gasteiger partial charge in [0.15, 0.2) is 0 Å². The van der Waals surface area contributed by atoms with Crippen molar-refractivity contribution in [3.05, 3.63) is 64.8 Å². The van der Waals surface area contributed by atoms with Gasteiger partial charge in [-0.2, -0.15) is 0 Å². The predicted molar refractivity (Wildman–Crippen MR) is 131 cm³/mol. The quantitative estimate of drug-likeness (QED) is 0.537.